The number of rotatable bonds is 1. The van der Waals surface area contributed by atoms with Gasteiger partial charge < -0.3 is 0 Å². The number of allylic oxidation sites excluding steroid dienone is 1. The van der Waals surface area contributed by atoms with Crippen LogP contribution in [0.1, 0.15) is 59.8 Å². The minimum atomic E-state index is -0.0941. The molecule has 3 unspecified atom stereocenters. The van der Waals surface area contributed by atoms with Crippen LogP contribution >= 0.6 is 0 Å². The third-order valence-electron chi connectivity index (χ3n) is 5.41. The van der Waals surface area contributed by atoms with Crippen LogP contribution < -0.4 is 0 Å². The highest BCUT2D eigenvalue weighted by atomic mass is 14.9. The van der Waals surface area contributed by atoms with E-state index in [0.717, 1.165) is 0 Å². The van der Waals surface area contributed by atoms with Gasteiger partial charge >= 0.3 is 5.54 Å². The van der Waals surface area contributed by atoms with E-state index in [2.05, 4.69) is 38.6 Å². The third-order valence-corrected chi connectivity index (χ3v) is 5.41. The summed E-state index contributed by atoms with van der Waals surface area (Å²) in [4.78, 5) is 4.41. The molecule has 0 aliphatic heterocycles. The van der Waals surface area contributed by atoms with Gasteiger partial charge in [-0.05, 0) is 31.6 Å². The minimum Gasteiger partial charge on any atom is -0.0749 e. The fourth-order valence-electron chi connectivity index (χ4n) is 4.01. The molecular formula is C16H26N+. The van der Waals surface area contributed by atoms with Crippen molar-refractivity contribution in [3.63, 3.8) is 0 Å². The highest BCUT2D eigenvalue weighted by Crippen LogP contribution is 2.56. The molecule has 1 nitrogen and oxygen atoms in total. The van der Waals surface area contributed by atoms with Crippen LogP contribution in [-0.2, 0) is 0 Å². The molecule has 1 saturated carbocycles. The van der Waals surface area contributed by atoms with Gasteiger partial charge in [0.2, 0.25) is 0 Å². The molecule has 0 bridgehead atoms. The van der Waals surface area contributed by atoms with Gasteiger partial charge in [-0.2, -0.15) is 0 Å². The standard InChI is InChI=1S/C16H26N/c1-12(2)14-8-10-15(4)9-6-7-13(3)16(15,11-14)17-5/h5,11-13H,6-10H2,1-4H3/q+1. The van der Waals surface area contributed by atoms with Crippen molar-refractivity contribution in [3.05, 3.63) is 16.5 Å². The molecule has 2 aliphatic rings. The summed E-state index contributed by atoms with van der Waals surface area (Å²) in [7, 11) is 0. The van der Waals surface area contributed by atoms with Crippen molar-refractivity contribution in [2.75, 3.05) is 0 Å². The molecule has 0 N–H and O–H groups in total. The van der Waals surface area contributed by atoms with E-state index in [1.807, 2.05) is 0 Å². The molecule has 0 aromatic rings. The number of nitrogens with zero attached hydrogens (tertiary/aromatic N) is 1. The number of fused-ring (bicyclic) bond motifs is 1. The molecule has 0 amide bonds. The van der Waals surface area contributed by atoms with Crippen LogP contribution in [0.5, 0.6) is 0 Å². The lowest BCUT2D eigenvalue weighted by molar-refractivity contribution is 0.0787. The summed E-state index contributed by atoms with van der Waals surface area (Å²) in [6, 6.07) is 0. The molecule has 2 rings (SSSR count). The maximum Gasteiger partial charge on any atom is 0.306 e. The number of hydrogen-bond acceptors (Lipinski definition) is 0. The number of hydrogen-bond donors (Lipinski definition) is 0. The lowest BCUT2D eigenvalue weighted by Gasteiger charge is -2.46. The Balaban J connectivity index is 2.49. The summed E-state index contributed by atoms with van der Waals surface area (Å²) in [5, 5.41) is 0. The van der Waals surface area contributed by atoms with E-state index < -0.39 is 0 Å². The summed E-state index contributed by atoms with van der Waals surface area (Å²) in [5.74, 6) is 1.22. The molecule has 0 radical (unpaired) electrons. The zero-order valence-corrected chi connectivity index (χ0v) is 11.8. The van der Waals surface area contributed by atoms with Crippen LogP contribution in [0.3, 0.4) is 0 Å². The molecule has 0 aromatic carbocycles. The maximum absolute atomic E-state index is 5.87. The average Bonchev–Trinajstić information content (AvgIpc) is 2.28. The summed E-state index contributed by atoms with van der Waals surface area (Å²) >= 11 is 0. The first-order chi connectivity index (χ1) is 7.95. The van der Waals surface area contributed by atoms with Gasteiger partial charge in [-0.1, -0.05) is 44.5 Å². The van der Waals surface area contributed by atoms with Gasteiger partial charge in [-0.15, -0.1) is 0 Å². The third kappa shape index (κ3) is 1.73. The van der Waals surface area contributed by atoms with Gasteiger partial charge in [0.05, 0.1) is 5.41 Å². The average molecular weight is 232 g/mol. The van der Waals surface area contributed by atoms with Crippen molar-refractivity contribution in [1.82, 2.24) is 0 Å². The Hall–Kier alpha value is -0.770. The molecule has 0 spiro atoms. The molecular weight excluding hydrogens is 206 g/mol. The van der Waals surface area contributed by atoms with E-state index in [4.69, 9.17) is 6.57 Å². The van der Waals surface area contributed by atoms with E-state index in [9.17, 15) is 0 Å². The second kappa shape index (κ2) is 4.16. The first-order valence-corrected chi connectivity index (χ1v) is 7.09. The van der Waals surface area contributed by atoms with Crippen molar-refractivity contribution in [3.8, 4) is 6.57 Å². The normalized spacial score (nSPS) is 41.6. The molecule has 1 heteroatoms. The fraction of sp³-hybridized carbons (Fsp3) is 0.812. The maximum atomic E-state index is 5.87. The Kier molecular flexibility index (Phi) is 3.10. The Morgan fingerprint density at radius 1 is 1.41 bits per heavy atom. The predicted octanol–water partition coefficient (Wildman–Crippen LogP) is 4.89. The minimum absolute atomic E-state index is 0.0941. The summed E-state index contributed by atoms with van der Waals surface area (Å²) in [5.41, 5.74) is 1.76. The van der Waals surface area contributed by atoms with E-state index in [1.54, 1.807) is 5.57 Å². The summed E-state index contributed by atoms with van der Waals surface area (Å²) in [6.45, 7) is 15.2. The van der Waals surface area contributed by atoms with Crippen molar-refractivity contribution in [2.24, 2.45) is 17.3 Å². The van der Waals surface area contributed by atoms with E-state index >= 15 is 0 Å². The van der Waals surface area contributed by atoms with Crippen LogP contribution in [0.25, 0.3) is 4.85 Å². The first-order valence-electron chi connectivity index (χ1n) is 7.09. The van der Waals surface area contributed by atoms with Gasteiger partial charge in [0.1, 0.15) is 0 Å². The molecule has 2 aliphatic carbocycles. The Labute approximate surface area is 106 Å². The molecule has 1 fully saturated rings. The largest absolute Gasteiger partial charge is 0.306 e. The Bertz CT molecular complexity index is 373. The smallest absolute Gasteiger partial charge is 0.0749 e. The monoisotopic (exact) mass is 232 g/mol. The van der Waals surface area contributed by atoms with Crippen LogP contribution in [0.4, 0.5) is 0 Å². The molecule has 3 atom stereocenters. The molecule has 94 valence electrons. The zero-order valence-electron chi connectivity index (χ0n) is 11.8. The zero-order chi connectivity index (χ0) is 12.7. The highest BCUT2D eigenvalue weighted by Gasteiger charge is 2.62. The van der Waals surface area contributed by atoms with Crippen LogP contribution in [-0.4, -0.2) is 5.54 Å². The Morgan fingerprint density at radius 3 is 2.71 bits per heavy atom. The molecule has 0 heterocycles. The highest BCUT2D eigenvalue weighted by molar-refractivity contribution is 5.32. The van der Waals surface area contributed by atoms with E-state index in [1.165, 1.54) is 32.1 Å². The second-order valence-electron chi connectivity index (χ2n) is 6.68. The fourth-order valence-corrected chi connectivity index (χ4v) is 4.01. The second-order valence-corrected chi connectivity index (χ2v) is 6.68. The lowest BCUT2D eigenvalue weighted by atomic mass is 9.53. The van der Waals surface area contributed by atoms with Crippen LogP contribution in [0.15, 0.2) is 11.6 Å². The molecule has 0 saturated heterocycles. The van der Waals surface area contributed by atoms with Crippen LogP contribution in [0.2, 0.25) is 0 Å². The topological polar surface area (TPSA) is 4.36 Å². The molecule has 0 aromatic heterocycles. The first kappa shape index (κ1) is 12.7. The van der Waals surface area contributed by atoms with Crippen LogP contribution in [0, 0.1) is 23.8 Å². The quantitative estimate of drug-likeness (QED) is 0.567. The SMILES string of the molecule is C#[N+]C12C=C(C(C)C)CCC1(C)CCCC2C. The van der Waals surface area contributed by atoms with Gasteiger partial charge in [-0.3, -0.25) is 0 Å². The van der Waals surface area contributed by atoms with Gasteiger partial charge in [-0.25, -0.2) is 0 Å². The predicted molar refractivity (Wildman–Crippen MR) is 74.3 cm³/mol. The van der Waals surface area contributed by atoms with Crippen molar-refractivity contribution in [1.29, 1.82) is 0 Å². The van der Waals surface area contributed by atoms with Gasteiger partial charge in [0.15, 0.2) is 0 Å². The summed E-state index contributed by atoms with van der Waals surface area (Å²) in [6.07, 6.45) is 8.79. The van der Waals surface area contributed by atoms with Crippen molar-refractivity contribution >= 4 is 0 Å². The van der Waals surface area contributed by atoms with Gasteiger partial charge in [0, 0.05) is 12.0 Å². The summed E-state index contributed by atoms with van der Waals surface area (Å²) < 4.78 is 0. The van der Waals surface area contributed by atoms with Gasteiger partial charge in [0.25, 0.3) is 6.57 Å². The van der Waals surface area contributed by atoms with Crippen molar-refractivity contribution < 1.29 is 0 Å². The van der Waals surface area contributed by atoms with E-state index in [0.29, 0.717) is 11.8 Å². The lowest BCUT2D eigenvalue weighted by Crippen LogP contribution is -2.52. The van der Waals surface area contributed by atoms with E-state index in [-0.39, 0.29) is 11.0 Å². The van der Waals surface area contributed by atoms with Crippen molar-refractivity contribution in [2.45, 2.75) is 65.3 Å². The Morgan fingerprint density at radius 2 is 2.12 bits per heavy atom. The molecule has 17 heavy (non-hydrogen) atoms.